The summed E-state index contributed by atoms with van der Waals surface area (Å²) < 4.78 is 0. The monoisotopic (exact) mass is 295 g/mol. The zero-order chi connectivity index (χ0) is 14.7. The Bertz CT molecular complexity index is 492. The molecule has 20 heavy (non-hydrogen) atoms. The maximum Gasteiger partial charge on any atom is 0.271 e. The van der Waals surface area contributed by atoms with E-state index >= 15 is 0 Å². The number of hydrogen-bond donors (Lipinski definition) is 2. The highest BCUT2D eigenvalue weighted by atomic mass is 35.5. The topological polar surface area (TPSA) is 54.0 Å². The molecule has 1 aliphatic rings. The van der Waals surface area contributed by atoms with Crippen LogP contribution in [-0.2, 0) is 0 Å². The minimum absolute atomic E-state index is 0.182. The predicted octanol–water partition coefficient (Wildman–Crippen LogP) is 3.33. The summed E-state index contributed by atoms with van der Waals surface area (Å²) in [6.07, 6.45) is 3.43. The molecule has 1 amide bonds. The van der Waals surface area contributed by atoms with Crippen LogP contribution in [0, 0.1) is 11.8 Å². The van der Waals surface area contributed by atoms with Crippen LogP contribution in [0.25, 0.3) is 0 Å². The minimum Gasteiger partial charge on any atom is -0.373 e. The Labute approximate surface area is 125 Å². The van der Waals surface area contributed by atoms with E-state index in [2.05, 4.69) is 29.5 Å². The molecule has 1 aliphatic carbocycles. The second-order valence-corrected chi connectivity index (χ2v) is 6.03. The first-order chi connectivity index (χ1) is 9.52. The van der Waals surface area contributed by atoms with Gasteiger partial charge >= 0.3 is 0 Å². The number of nitrogens with one attached hydrogen (secondary N) is 2. The van der Waals surface area contributed by atoms with Crippen molar-refractivity contribution in [1.82, 2.24) is 10.3 Å². The van der Waals surface area contributed by atoms with Gasteiger partial charge in [0.15, 0.2) is 0 Å². The molecule has 110 valence electrons. The van der Waals surface area contributed by atoms with Crippen LogP contribution in [0.4, 0.5) is 5.82 Å². The van der Waals surface area contributed by atoms with Gasteiger partial charge in [0.25, 0.3) is 5.91 Å². The molecule has 2 rings (SSSR count). The van der Waals surface area contributed by atoms with Crippen molar-refractivity contribution in [2.75, 3.05) is 12.4 Å². The van der Waals surface area contributed by atoms with Crippen molar-refractivity contribution in [3.05, 3.63) is 22.8 Å². The van der Waals surface area contributed by atoms with Crippen molar-refractivity contribution in [1.29, 1.82) is 0 Å². The molecule has 1 aromatic heterocycles. The minimum atomic E-state index is -0.182. The van der Waals surface area contributed by atoms with E-state index < -0.39 is 0 Å². The molecule has 0 saturated heterocycles. The quantitative estimate of drug-likeness (QED) is 0.899. The molecule has 0 aromatic carbocycles. The first-order valence-corrected chi connectivity index (χ1v) is 7.56. The van der Waals surface area contributed by atoms with Crippen molar-refractivity contribution in [3.8, 4) is 0 Å². The molecule has 0 radical (unpaired) electrons. The van der Waals surface area contributed by atoms with Crippen molar-refractivity contribution in [2.45, 2.75) is 39.2 Å². The smallest absolute Gasteiger partial charge is 0.271 e. The van der Waals surface area contributed by atoms with Gasteiger partial charge in [-0.2, -0.15) is 0 Å². The molecular weight excluding hydrogens is 274 g/mol. The lowest BCUT2D eigenvalue weighted by Gasteiger charge is -2.34. The average molecular weight is 296 g/mol. The molecule has 0 bridgehead atoms. The van der Waals surface area contributed by atoms with Gasteiger partial charge in [-0.05, 0) is 30.4 Å². The van der Waals surface area contributed by atoms with Crippen LogP contribution in [0.1, 0.15) is 43.6 Å². The van der Waals surface area contributed by atoms with E-state index in [0.29, 0.717) is 28.4 Å². The molecule has 2 N–H and O–H groups in total. The Morgan fingerprint density at radius 3 is 2.80 bits per heavy atom. The van der Waals surface area contributed by atoms with Crippen LogP contribution in [0.5, 0.6) is 0 Å². The number of pyridine rings is 1. The summed E-state index contributed by atoms with van der Waals surface area (Å²) in [5.41, 5.74) is 0.295. The predicted molar refractivity (Wildman–Crippen MR) is 82.2 cm³/mol. The van der Waals surface area contributed by atoms with Gasteiger partial charge in [0.2, 0.25) is 0 Å². The molecule has 1 saturated carbocycles. The van der Waals surface area contributed by atoms with E-state index in [4.69, 9.17) is 11.6 Å². The first kappa shape index (κ1) is 15.1. The van der Waals surface area contributed by atoms with Gasteiger partial charge in [-0.1, -0.05) is 38.3 Å². The van der Waals surface area contributed by atoms with E-state index in [1.165, 1.54) is 6.42 Å². The Kier molecular flexibility index (Phi) is 4.86. The molecule has 0 aliphatic heterocycles. The Morgan fingerprint density at radius 1 is 1.35 bits per heavy atom. The lowest BCUT2D eigenvalue weighted by molar-refractivity contribution is 0.0886. The average Bonchev–Trinajstić information content (AvgIpc) is 2.44. The molecule has 1 aromatic rings. The van der Waals surface area contributed by atoms with Gasteiger partial charge in [0.1, 0.15) is 11.5 Å². The maximum atomic E-state index is 12.4. The lowest BCUT2D eigenvalue weighted by Crippen LogP contribution is -2.44. The zero-order valence-corrected chi connectivity index (χ0v) is 13.0. The largest absolute Gasteiger partial charge is 0.373 e. The number of amides is 1. The summed E-state index contributed by atoms with van der Waals surface area (Å²) in [6, 6.07) is 3.66. The second kappa shape index (κ2) is 6.44. The summed E-state index contributed by atoms with van der Waals surface area (Å²) in [6.45, 7) is 4.45. The number of carbonyl (C=O) groups excluding carboxylic acids is 1. The Morgan fingerprint density at radius 2 is 2.10 bits per heavy atom. The van der Waals surface area contributed by atoms with Crippen molar-refractivity contribution in [2.24, 2.45) is 11.8 Å². The fourth-order valence-corrected chi connectivity index (χ4v) is 2.95. The van der Waals surface area contributed by atoms with Gasteiger partial charge in [-0.3, -0.25) is 4.79 Å². The van der Waals surface area contributed by atoms with Crippen molar-refractivity contribution < 1.29 is 4.79 Å². The fourth-order valence-electron chi connectivity index (χ4n) is 2.76. The number of rotatable bonds is 3. The van der Waals surface area contributed by atoms with E-state index in [-0.39, 0.29) is 11.9 Å². The molecule has 1 fully saturated rings. The number of carbonyl (C=O) groups is 1. The number of halogens is 1. The van der Waals surface area contributed by atoms with E-state index in [9.17, 15) is 4.79 Å². The van der Waals surface area contributed by atoms with Crippen molar-refractivity contribution in [3.63, 3.8) is 0 Å². The molecule has 3 unspecified atom stereocenters. The Balaban J connectivity index is 2.11. The zero-order valence-electron chi connectivity index (χ0n) is 12.2. The third-order valence-electron chi connectivity index (χ3n) is 4.34. The van der Waals surface area contributed by atoms with Crippen LogP contribution in [0.15, 0.2) is 12.1 Å². The summed E-state index contributed by atoms with van der Waals surface area (Å²) in [5.74, 6) is 1.59. The third-order valence-corrected chi connectivity index (χ3v) is 4.65. The number of nitrogens with zero attached hydrogens (tertiary/aromatic N) is 1. The van der Waals surface area contributed by atoms with Gasteiger partial charge in [-0.15, -0.1) is 0 Å². The molecule has 4 nitrogen and oxygen atoms in total. The van der Waals surface area contributed by atoms with Crippen LogP contribution in [-0.4, -0.2) is 24.0 Å². The van der Waals surface area contributed by atoms with Crippen molar-refractivity contribution >= 4 is 23.3 Å². The van der Waals surface area contributed by atoms with Gasteiger partial charge < -0.3 is 10.6 Å². The Hall–Kier alpha value is -1.29. The fraction of sp³-hybridized carbons (Fsp3) is 0.600. The summed E-state index contributed by atoms with van der Waals surface area (Å²) in [7, 11) is 1.77. The standard InChI is InChI=1S/C15H22ClN3O/c1-9-5-4-6-12(10(9)2)18-15(20)14-11(16)7-8-13(17-3)19-14/h7-10,12H,4-6H2,1-3H3,(H,17,19)(H,18,20). The number of aromatic nitrogens is 1. The van der Waals surface area contributed by atoms with E-state index in [1.807, 2.05) is 0 Å². The SMILES string of the molecule is CNc1ccc(Cl)c(C(=O)NC2CCCC(C)C2C)n1. The van der Waals surface area contributed by atoms with Gasteiger partial charge in [-0.25, -0.2) is 4.98 Å². The molecular formula is C15H22ClN3O. The second-order valence-electron chi connectivity index (χ2n) is 5.62. The first-order valence-electron chi connectivity index (χ1n) is 7.18. The van der Waals surface area contributed by atoms with Crippen LogP contribution >= 0.6 is 11.6 Å². The number of anilines is 1. The number of hydrogen-bond acceptors (Lipinski definition) is 3. The maximum absolute atomic E-state index is 12.4. The summed E-state index contributed by atoms with van der Waals surface area (Å²) >= 11 is 6.08. The molecule has 3 atom stereocenters. The van der Waals surface area contributed by atoms with Crippen LogP contribution in [0.2, 0.25) is 5.02 Å². The highest BCUT2D eigenvalue weighted by molar-refractivity contribution is 6.33. The summed E-state index contributed by atoms with van der Waals surface area (Å²) in [4.78, 5) is 16.6. The third kappa shape index (κ3) is 3.23. The van der Waals surface area contributed by atoms with E-state index in [0.717, 1.165) is 12.8 Å². The lowest BCUT2D eigenvalue weighted by atomic mass is 9.78. The summed E-state index contributed by atoms with van der Waals surface area (Å²) in [5, 5.41) is 6.40. The molecule has 1 heterocycles. The molecule has 5 heteroatoms. The van der Waals surface area contributed by atoms with Crippen LogP contribution < -0.4 is 10.6 Å². The van der Waals surface area contributed by atoms with Crippen LogP contribution in [0.3, 0.4) is 0 Å². The van der Waals surface area contributed by atoms with E-state index in [1.54, 1.807) is 19.2 Å². The van der Waals surface area contributed by atoms with Gasteiger partial charge in [0.05, 0.1) is 5.02 Å². The highest BCUT2D eigenvalue weighted by Crippen LogP contribution is 2.29. The molecule has 0 spiro atoms. The highest BCUT2D eigenvalue weighted by Gasteiger charge is 2.29. The normalized spacial score (nSPS) is 26.1. The van der Waals surface area contributed by atoms with Gasteiger partial charge in [0, 0.05) is 13.1 Å².